The van der Waals surface area contributed by atoms with E-state index in [9.17, 15) is 4.39 Å². The van der Waals surface area contributed by atoms with Gasteiger partial charge in [-0.25, -0.2) is 4.39 Å². The first-order valence-corrected chi connectivity index (χ1v) is 4.03. The summed E-state index contributed by atoms with van der Waals surface area (Å²) in [6.07, 6.45) is 0. The van der Waals surface area contributed by atoms with Crippen LogP contribution in [0.4, 0.5) is 4.39 Å². The van der Waals surface area contributed by atoms with Crippen LogP contribution in [0.5, 0.6) is 5.75 Å². The standard InChI is InChI=1S/C6H3Br2FO/c7-4-1-3(9)2-5(8)6(4)10/h1-2,10H. The van der Waals surface area contributed by atoms with Gasteiger partial charge in [0, 0.05) is 0 Å². The molecule has 54 valence electrons. The van der Waals surface area contributed by atoms with Crippen LogP contribution in [0.15, 0.2) is 21.1 Å². The Labute approximate surface area is 74.1 Å². The zero-order chi connectivity index (χ0) is 7.72. The van der Waals surface area contributed by atoms with Crippen LogP contribution in [-0.4, -0.2) is 5.11 Å². The van der Waals surface area contributed by atoms with E-state index in [1.165, 1.54) is 12.1 Å². The number of rotatable bonds is 0. The van der Waals surface area contributed by atoms with Crippen LogP contribution in [0, 0.1) is 5.82 Å². The Hall–Kier alpha value is -0.0900. The Bertz CT molecular complexity index is 239. The van der Waals surface area contributed by atoms with Gasteiger partial charge in [-0.1, -0.05) is 0 Å². The van der Waals surface area contributed by atoms with Gasteiger partial charge < -0.3 is 5.11 Å². The largest absolute Gasteiger partial charge is 0.506 e. The first kappa shape index (κ1) is 8.01. The molecule has 0 bridgehead atoms. The average molecular weight is 270 g/mol. The van der Waals surface area contributed by atoms with Crippen LogP contribution in [-0.2, 0) is 0 Å². The van der Waals surface area contributed by atoms with Crippen LogP contribution < -0.4 is 0 Å². The van der Waals surface area contributed by atoms with Crippen LogP contribution in [0.1, 0.15) is 0 Å². The van der Waals surface area contributed by atoms with Gasteiger partial charge in [0.05, 0.1) is 8.95 Å². The lowest BCUT2D eigenvalue weighted by atomic mass is 10.3. The summed E-state index contributed by atoms with van der Waals surface area (Å²) >= 11 is 5.95. The van der Waals surface area contributed by atoms with Crippen LogP contribution in [0.3, 0.4) is 0 Å². The third-order valence-electron chi connectivity index (χ3n) is 0.982. The minimum atomic E-state index is -0.392. The van der Waals surface area contributed by atoms with E-state index in [0.29, 0.717) is 8.95 Å². The van der Waals surface area contributed by atoms with Gasteiger partial charge in [-0.3, -0.25) is 0 Å². The molecule has 1 nitrogen and oxygen atoms in total. The highest BCUT2D eigenvalue weighted by atomic mass is 79.9. The predicted octanol–water partition coefficient (Wildman–Crippen LogP) is 3.06. The Morgan fingerprint density at radius 1 is 1.20 bits per heavy atom. The molecule has 0 aliphatic carbocycles. The second kappa shape index (κ2) is 2.88. The SMILES string of the molecule is Oc1c(Br)cc(F)cc1Br. The van der Waals surface area contributed by atoms with Gasteiger partial charge in [-0.2, -0.15) is 0 Å². The maximum atomic E-state index is 12.4. The molecule has 0 atom stereocenters. The van der Waals surface area contributed by atoms with E-state index in [-0.39, 0.29) is 5.75 Å². The van der Waals surface area contributed by atoms with Crippen molar-refractivity contribution in [2.75, 3.05) is 0 Å². The molecule has 0 radical (unpaired) electrons. The first-order chi connectivity index (χ1) is 4.61. The highest BCUT2D eigenvalue weighted by Crippen LogP contribution is 2.32. The maximum Gasteiger partial charge on any atom is 0.144 e. The Morgan fingerprint density at radius 3 is 2.00 bits per heavy atom. The summed E-state index contributed by atoms with van der Waals surface area (Å²) in [4.78, 5) is 0. The van der Waals surface area contributed by atoms with Gasteiger partial charge in [0.1, 0.15) is 11.6 Å². The molecule has 1 rings (SSSR count). The monoisotopic (exact) mass is 268 g/mol. The van der Waals surface area contributed by atoms with Crippen LogP contribution in [0.25, 0.3) is 0 Å². The third kappa shape index (κ3) is 1.49. The summed E-state index contributed by atoms with van der Waals surface area (Å²) in [7, 11) is 0. The van der Waals surface area contributed by atoms with Crippen molar-refractivity contribution in [2.24, 2.45) is 0 Å². The number of hydrogen-bond donors (Lipinski definition) is 1. The molecule has 0 spiro atoms. The summed E-state index contributed by atoms with van der Waals surface area (Å²) in [6.45, 7) is 0. The summed E-state index contributed by atoms with van der Waals surface area (Å²) in [5, 5.41) is 9.07. The van der Waals surface area contributed by atoms with Crippen molar-refractivity contribution in [1.29, 1.82) is 0 Å². The molecule has 10 heavy (non-hydrogen) atoms. The van der Waals surface area contributed by atoms with Crippen molar-refractivity contribution < 1.29 is 9.50 Å². The fraction of sp³-hybridized carbons (Fsp3) is 0. The summed E-state index contributed by atoms with van der Waals surface area (Å²) in [5.74, 6) is -0.377. The van der Waals surface area contributed by atoms with Crippen LogP contribution in [0.2, 0.25) is 0 Å². The molecule has 1 N–H and O–H groups in total. The third-order valence-corrected chi connectivity index (χ3v) is 2.19. The van der Waals surface area contributed by atoms with Crippen molar-refractivity contribution in [2.45, 2.75) is 0 Å². The Balaban J connectivity index is 3.31. The maximum absolute atomic E-state index is 12.4. The minimum absolute atomic E-state index is 0.0152. The fourth-order valence-electron chi connectivity index (χ4n) is 0.535. The lowest BCUT2D eigenvalue weighted by Gasteiger charge is -1.98. The van der Waals surface area contributed by atoms with Crippen molar-refractivity contribution in [3.05, 3.63) is 26.9 Å². The highest BCUT2D eigenvalue weighted by molar-refractivity contribution is 9.11. The Morgan fingerprint density at radius 2 is 1.60 bits per heavy atom. The zero-order valence-electron chi connectivity index (χ0n) is 4.74. The fourth-order valence-corrected chi connectivity index (χ4v) is 1.67. The molecular weight excluding hydrogens is 267 g/mol. The molecule has 0 saturated carbocycles. The van der Waals surface area contributed by atoms with E-state index in [4.69, 9.17) is 5.11 Å². The predicted molar refractivity (Wildman–Crippen MR) is 43.5 cm³/mol. The van der Waals surface area contributed by atoms with E-state index >= 15 is 0 Å². The molecular formula is C6H3Br2FO. The molecule has 1 aromatic carbocycles. The van der Waals surface area contributed by atoms with E-state index < -0.39 is 5.82 Å². The number of benzene rings is 1. The number of hydrogen-bond acceptors (Lipinski definition) is 1. The van der Waals surface area contributed by atoms with Crippen molar-refractivity contribution >= 4 is 31.9 Å². The van der Waals surface area contributed by atoms with E-state index in [1.807, 2.05) is 0 Å². The van der Waals surface area contributed by atoms with E-state index in [0.717, 1.165) is 0 Å². The number of aromatic hydroxyl groups is 1. The number of phenolic OH excluding ortho intramolecular Hbond substituents is 1. The van der Waals surface area contributed by atoms with E-state index in [1.54, 1.807) is 0 Å². The minimum Gasteiger partial charge on any atom is -0.506 e. The molecule has 1 aromatic rings. The van der Waals surface area contributed by atoms with E-state index in [2.05, 4.69) is 31.9 Å². The number of phenols is 1. The molecule has 0 heterocycles. The topological polar surface area (TPSA) is 20.2 Å². The average Bonchev–Trinajstić information content (AvgIpc) is 1.82. The Kier molecular flexibility index (Phi) is 2.31. The second-order valence-corrected chi connectivity index (χ2v) is 3.43. The highest BCUT2D eigenvalue weighted by Gasteiger charge is 2.04. The van der Waals surface area contributed by atoms with Crippen molar-refractivity contribution in [1.82, 2.24) is 0 Å². The molecule has 0 aliphatic heterocycles. The van der Waals surface area contributed by atoms with Crippen molar-refractivity contribution in [3.63, 3.8) is 0 Å². The van der Waals surface area contributed by atoms with Crippen molar-refractivity contribution in [3.8, 4) is 5.75 Å². The second-order valence-electron chi connectivity index (χ2n) is 1.72. The van der Waals surface area contributed by atoms with Gasteiger partial charge in [0.2, 0.25) is 0 Å². The van der Waals surface area contributed by atoms with Gasteiger partial charge in [-0.15, -0.1) is 0 Å². The lowest BCUT2D eigenvalue weighted by Crippen LogP contribution is -1.76. The molecule has 0 fully saturated rings. The van der Waals surface area contributed by atoms with Crippen LogP contribution >= 0.6 is 31.9 Å². The van der Waals surface area contributed by atoms with Gasteiger partial charge >= 0.3 is 0 Å². The van der Waals surface area contributed by atoms with Gasteiger partial charge in [0.25, 0.3) is 0 Å². The molecule has 0 amide bonds. The number of halogens is 3. The smallest absolute Gasteiger partial charge is 0.144 e. The molecule has 0 unspecified atom stereocenters. The van der Waals surface area contributed by atoms with Gasteiger partial charge in [-0.05, 0) is 44.0 Å². The molecule has 0 saturated heterocycles. The molecule has 0 aliphatic rings. The normalized spacial score (nSPS) is 9.90. The summed E-state index contributed by atoms with van der Waals surface area (Å²) in [5.41, 5.74) is 0. The van der Waals surface area contributed by atoms with Gasteiger partial charge in [0.15, 0.2) is 0 Å². The molecule has 0 aromatic heterocycles. The first-order valence-electron chi connectivity index (χ1n) is 2.45. The quantitative estimate of drug-likeness (QED) is 0.768. The lowest BCUT2D eigenvalue weighted by molar-refractivity contribution is 0.466. The molecule has 4 heteroatoms. The zero-order valence-corrected chi connectivity index (χ0v) is 7.91. The summed E-state index contributed by atoms with van der Waals surface area (Å²) < 4.78 is 13.1. The summed E-state index contributed by atoms with van der Waals surface area (Å²) in [6, 6.07) is 2.39.